The van der Waals surface area contributed by atoms with Crippen molar-refractivity contribution in [3.05, 3.63) is 29.6 Å². The number of hydrogen-bond acceptors (Lipinski definition) is 3. The van der Waals surface area contributed by atoms with Gasteiger partial charge in [0.2, 0.25) is 5.91 Å². The maximum Gasteiger partial charge on any atom is 0.497 e. The fourth-order valence-electron chi connectivity index (χ4n) is 3.56. The molecule has 1 atom stereocenters. The molecule has 0 aromatic heterocycles. The molecule has 2 saturated heterocycles. The maximum atomic E-state index is 14.4. The van der Waals surface area contributed by atoms with E-state index < -0.39 is 18.3 Å². The Labute approximate surface area is 156 Å². The highest BCUT2D eigenvalue weighted by Crippen LogP contribution is 2.36. The lowest BCUT2D eigenvalue weighted by molar-refractivity contribution is -0.132. The Morgan fingerprint density at radius 3 is 2.54 bits per heavy atom. The molecule has 26 heavy (non-hydrogen) atoms. The molecule has 0 spiro atoms. The van der Waals surface area contributed by atoms with Crippen LogP contribution in [-0.4, -0.2) is 42.2 Å². The first-order valence-corrected chi connectivity index (χ1v) is 9.51. The van der Waals surface area contributed by atoms with Crippen LogP contribution in [0, 0.1) is 11.7 Å². The third kappa shape index (κ3) is 3.81. The second kappa shape index (κ2) is 6.97. The van der Waals surface area contributed by atoms with Crippen molar-refractivity contribution in [3.8, 4) is 0 Å². The highest BCUT2D eigenvalue weighted by atomic mass is 19.1. The van der Waals surface area contributed by atoms with E-state index in [9.17, 15) is 9.18 Å². The van der Waals surface area contributed by atoms with Gasteiger partial charge in [0.25, 0.3) is 0 Å². The number of benzene rings is 1. The van der Waals surface area contributed by atoms with Gasteiger partial charge in [0.05, 0.1) is 17.6 Å². The number of piperidine rings is 1. The zero-order valence-corrected chi connectivity index (χ0v) is 16.5. The Bertz CT molecular complexity index is 676. The van der Waals surface area contributed by atoms with E-state index in [-0.39, 0.29) is 18.1 Å². The molecule has 2 heterocycles. The number of likely N-dealkylation sites (tertiary alicyclic amines) is 1. The highest BCUT2D eigenvalue weighted by molar-refractivity contribution is 6.62. The first kappa shape index (κ1) is 19.4. The van der Waals surface area contributed by atoms with E-state index in [4.69, 9.17) is 9.31 Å². The van der Waals surface area contributed by atoms with Crippen LogP contribution < -0.4 is 5.46 Å². The van der Waals surface area contributed by atoms with Gasteiger partial charge >= 0.3 is 7.12 Å². The number of nitrogens with zero attached hydrogens (tertiary/aromatic N) is 1. The number of halogens is 1. The predicted molar refractivity (Wildman–Crippen MR) is 101 cm³/mol. The molecule has 0 N–H and O–H groups in total. The van der Waals surface area contributed by atoms with Crippen LogP contribution in [0.25, 0.3) is 0 Å². The molecule has 1 unspecified atom stereocenters. The van der Waals surface area contributed by atoms with Gasteiger partial charge in [-0.1, -0.05) is 19.1 Å². The van der Waals surface area contributed by atoms with E-state index in [1.807, 2.05) is 32.6 Å². The number of carbonyl (C=O) groups is 1. The Morgan fingerprint density at radius 1 is 1.27 bits per heavy atom. The van der Waals surface area contributed by atoms with Crippen LogP contribution in [-0.2, 0) is 20.5 Å². The van der Waals surface area contributed by atoms with E-state index in [0.717, 1.165) is 25.1 Å². The SMILES string of the molecule is CC1CCCN(C(=O)Cc2ccc(F)c(B3OC(C)(C)C(C)(C)O3)c2)C1. The average molecular weight is 361 g/mol. The second-order valence-corrected chi connectivity index (χ2v) is 8.71. The van der Waals surface area contributed by atoms with Crippen LogP contribution in [0.3, 0.4) is 0 Å². The molecule has 1 aromatic carbocycles. The van der Waals surface area contributed by atoms with Gasteiger partial charge in [-0.15, -0.1) is 0 Å². The lowest BCUT2D eigenvalue weighted by Crippen LogP contribution is -2.41. The zero-order valence-electron chi connectivity index (χ0n) is 16.5. The molecule has 0 radical (unpaired) electrons. The molecule has 6 heteroatoms. The van der Waals surface area contributed by atoms with Crippen LogP contribution in [0.1, 0.15) is 53.0 Å². The third-order valence-corrected chi connectivity index (χ3v) is 5.93. The topological polar surface area (TPSA) is 38.8 Å². The summed E-state index contributed by atoms with van der Waals surface area (Å²) in [5, 5.41) is 0. The fourth-order valence-corrected chi connectivity index (χ4v) is 3.56. The predicted octanol–water partition coefficient (Wildman–Crippen LogP) is 2.93. The van der Waals surface area contributed by atoms with E-state index in [1.54, 1.807) is 12.1 Å². The summed E-state index contributed by atoms with van der Waals surface area (Å²) in [6.07, 6.45) is 2.50. The van der Waals surface area contributed by atoms with Crippen molar-refractivity contribution in [2.45, 2.75) is 65.1 Å². The van der Waals surface area contributed by atoms with E-state index in [1.165, 1.54) is 12.5 Å². The lowest BCUT2D eigenvalue weighted by atomic mass is 9.77. The number of amides is 1. The summed E-state index contributed by atoms with van der Waals surface area (Å²) in [6, 6.07) is 4.79. The van der Waals surface area contributed by atoms with Gasteiger partial charge in [0, 0.05) is 18.6 Å². The van der Waals surface area contributed by atoms with Gasteiger partial charge in [0.15, 0.2) is 0 Å². The van der Waals surface area contributed by atoms with Crippen molar-refractivity contribution < 1.29 is 18.5 Å². The van der Waals surface area contributed by atoms with Gasteiger partial charge in [-0.2, -0.15) is 0 Å². The highest BCUT2D eigenvalue weighted by Gasteiger charge is 2.52. The molecule has 3 rings (SSSR count). The van der Waals surface area contributed by atoms with Gasteiger partial charge in [-0.3, -0.25) is 4.79 Å². The van der Waals surface area contributed by atoms with Crippen molar-refractivity contribution in [1.82, 2.24) is 4.90 Å². The van der Waals surface area contributed by atoms with Gasteiger partial charge < -0.3 is 14.2 Å². The molecule has 1 aromatic rings. The Kier molecular flexibility index (Phi) is 5.19. The van der Waals surface area contributed by atoms with Crippen LogP contribution in [0.15, 0.2) is 18.2 Å². The van der Waals surface area contributed by atoms with E-state index in [2.05, 4.69) is 6.92 Å². The molecular formula is C20H29BFNO3. The zero-order chi connectivity index (χ0) is 19.1. The van der Waals surface area contributed by atoms with E-state index >= 15 is 0 Å². The molecule has 0 saturated carbocycles. The van der Waals surface area contributed by atoms with Gasteiger partial charge in [0.1, 0.15) is 5.82 Å². The third-order valence-electron chi connectivity index (χ3n) is 5.93. The van der Waals surface area contributed by atoms with Crippen LogP contribution in [0.4, 0.5) is 4.39 Å². The summed E-state index contributed by atoms with van der Waals surface area (Å²) in [7, 11) is -0.759. The Morgan fingerprint density at radius 2 is 1.92 bits per heavy atom. The standard InChI is InChI=1S/C20H29BFNO3/c1-14-7-6-10-23(13-14)18(24)12-15-8-9-17(22)16(11-15)21-25-19(2,3)20(4,5)26-21/h8-9,11,14H,6-7,10,12-13H2,1-5H3. The Hall–Kier alpha value is -1.40. The smallest absolute Gasteiger partial charge is 0.399 e. The van der Waals surface area contributed by atoms with Gasteiger partial charge in [-0.05, 0) is 58.1 Å². The minimum absolute atomic E-state index is 0.100. The average Bonchev–Trinajstić information content (AvgIpc) is 2.77. The van der Waals surface area contributed by atoms with Crippen molar-refractivity contribution in [2.75, 3.05) is 13.1 Å². The van der Waals surface area contributed by atoms with Crippen molar-refractivity contribution in [1.29, 1.82) is 0 Å². The molecule has 0 bridgehead atoms. The molecular weight excluding hydrogens is 332 g/mol. The molecule has 142 valence electrons. The normalized spacial score (nSPS) is 24.8. The molecule has 1 amide bonds. The monoisotopic (exact) mass is 361 g/mol. The minimum Gasteiger partial charge on any atom is -0.399 e. The minimum atomic E-state index is -0.759. The first-order chi connectivity index (χ1) is 12.1. The van der Waals surface area contributed by atoms with Crippen LogP contribution >= 0.6 is 0 Å². The van der Waals surface area contributed by atoms with Crippen molar-refractivity contribution in [2.24, 2.45) is 5.92 Å². The lowest BCUT2D eigenvalue weighted by Gasteiger charge is -2.32. The Balaban J connectivity index is 1.75. The number of carbonyl (C=O) groups excluding carboxylic acids is 1. The molecule has 2 fully saturated rings. The summed E-state index contributed by atoms with van der Waals surface area (Å²) >= 11 is 0. The first-order valence-electron chi connectivity index (χ1n) is 9.51. The molecule has 0 aliphatic carbocycles. The van der Waals surface area contributed by atoms with Crippen LogP contribution in [0.2, 0.25) is 0 Å². The van der Waals surface area contributed by atoms with Gasteiger partial charge in [-0.25, -0.2) is 4.39 Å². The van der Waals surface area contributed by atoms with E-state index in [0.29, 0.717) is 11.4 Å². The summed E-state index contributed by atoms with van der Waals surface area (Å²) < 4.78 is 26.3. The maximum absolute atomic E-state index is 14.4. The summed E-state index contributed by atoms with van der Waals surface area (Å²) in [5.41, 5.74) is 0.0972. The largest absolute Gasteiger partial charge is 0.497 e. The quantitative estimate of drug-likeness (QED) is 0.777. The summed E-state index contributed by atoms with van der Waals surface area (Å²) in [5.74, 6) is 0.274. The fraction of sp³-hybridized carbons (Fsp3) is 0.650. The van der Waals surface area contributed by atoms with Crippen molar-refractivity contribution >= 4 is 18.5 Å². The summed E-state index contributed by atoms with van der Waals surface area (Å²) in [4.78, 5) is 14.5. The van der Waals surface area contributed by atoms with Crippen LogP contribution in [0.5, 0.6) is 0 Å². The number of rotatable bonds is 3. The molecule has 2 aliphatic heterocycles. The van der Waals surface area contributed by atoms with Crippen molar-refractivity contribution in [3.63, 3.8) is 0 Å². The molecule has 4 nitrogen and oxygen atoms in total. The second-order valence-electron chi connectivity index (χ2n) is 8.71. The number of hydrogen-bond donors (Lipinski definition) is 0. The summed E-state index contributed by atoms with van der Waals surface area (Å²) in [6.45, 7) is 11.6. The molecule has 2 aliphatic rings.